The molecule has 0 aliphatic carbocycles. The summed E-state index contributed by atoms with van der Waals surface area (Å²) in [6.07, 6.45) is 2.41. The number of pyridine rings is 1. The Morgan fingerprint density at radius 2 is 1.74 bits per heavy atom. The molecule has 3 heterocycles. The molecule has 4 rings (SSSR count). The fourth-order valence-corrected chi connectivity index (χ4v) is 4.38. The van der Waals surface area contributed by atoms with Gasteiger partial charge >= 0.3 is 6.18 Å². The monoisotopic (exact) mass is 432 g/mol. The molecule has 0 spiro atoms. The van der Waals surface area contributed by atoms with E-state index in [0.29, 0.717) is 18.8 Å². The van der Waals surface area contributed by atoms with Crippen LogP contribution in [0.25, 0.3) is 0 Å². The molecule has 166 valence electrons. The van der Waals surface area contributed by atoms with Crippen LogP contribution in [0.3, 0.4) is 0 Å². The summed E-state index contributed by atoms with van der Waals surface area (Å²) < 4.78 is 43.6. The third-order valence-corrected chi connectivity index (χ3v) is 6.23. The Kier molecular flexibility index (Phi) is 6.60. The van der Waals surface area contributed by atoms with E-state index >= 15 is 0 Å². The van der Waals surface area contributed by atoms with Crippen LogP contribution in [0.1, 0.15) is 60.4 Å². The van der Waals surface area contributed by atoms with Gasteiger partial charge in [0.2, 0.25) is 5.91 Å². The molecule has 2 aliphatic rings. The number of rotatable bonds is 5. The summed E-state index contributed by atoms with van der Waals surface area (Å²) >= 11 is 0. The summed E-state index contributed by atoms with van der Waals surface area (Å²) in [4.78, 5) is 19.0. The molecule has 0 bridgehead atoms. The first kappa shape index (κ1) is 21.8. The van der Waals surface area contributed by atoms with Crippen LogP contribution in [0, 0.1) is 0 Å². The van der Waals surface area contributed by atoms with Gasteiger partial charge in [-0.25, -0.2) is 0 Å². The normalized spacial score (nSPS) is 20.2. The van der Waals surface area contributed by atoms with Crippen molar-refractivity contribution in [1.82, 2.24) is 9.88 Å². The molecule has 0 N–H and O–H groups in total. The van der Waals surface area contributed by atoms with E-state index in [-0.39, 0.29) is 12.0 Å². The Morgan fingerprint density at radius 1 is 1.03 bits per heavy atom. The lowest BCUT2D eigenvalue weighted by atomic mass is 9.92. The lowest BCUT2D eigenvalue weighted by Gasteiger charge is -2.32. The van der Waals surface area contributed by atoms with Gasteiger partial charge < -0.3 is 9.64 Å². The van der Waals surface area contributed by atoms with Crippen molar-refractivity contribution in [3.8, 4) is 0 Å². The second-order valence-electron chi connectivity index (χ2n) is 8.46. The zero-order valence-electron chi connectivity index (χ0n) is 17.4. The van der Waals surface area contributed by atoms with Gasteiger partial charge in [-0.1, -0.05) is 18.2 Å². The Bertz CT molecular complexity index is 867. The molecule has 2 aliphatic heterocycles. The number of ether oxygens (including phenoxy) is 1. The number of halogens is 3. The maximum atomic E-state index is 12.7. The Hall–Kier alpha value is -2.41. The first-order valence-electron chi connectivity index (χ1n) is 10.9. The van der Waals surface area contributed by atoms with Crippen LogP contribution in [-0.2, 0) is 22.1 Å². The number of nitrogens with zero attached hydrogens (tertiary/aromatic N) is 2. The van der Waals surface area contributed by atoms with Crippen molar-refractivity contribution < 1.29 is 22.7 Å². The third kappa shape index (κ3) is 5.64. The van der Waals surface area contributed by atoms with Crippen molar-refractivity contribution in [1.29, 1.82) is 0 Å². The number of likely N-dealkylation sites (tertiary alicyclic amines) is 1. The maximum Gasteiger partial charge on any atom is 0.416 e. The first-order valence-corrected chi connectivity index (χ1v) is 10.9. The van der Waals surface area contributed by atoms with Gasteiger partial charge in [-0.2, -0.15) is 13.2 Å². The van der Waals surface area contributed by atoms with Crippen molar-refractivity contribution in [2.45, 2.75) is 56.7 Å². The SMILES string of the molecule is O=C(C[C@@H]1CCCO1)N1CCC(c2ccc(Cc3ccc(C(F)(F)F)cc3)cn2)CC1. The molecule has 2 fully saturated rings. The third-order valence-electron chi connectivity index (χ3n) is 6.23. The summed E-state index contributed by atoms with van der Waals surface area (Å²) in [6.45, 7) is 2.25. The van der Waals surface area contributed by atoms with Crippen LogP contribution < -0.4 is 0 Å². The predicted octanol–water partition coefficient (Wildman–Crippen LogP) is 4.97. The molecule has 2 aromatic rings. The zero-order valence-corrected chi connectivity index (χ0v) is 17.4. The number of amides is 1. The minimum atomic E-state index is -4.31. The van der Waals surface area contributed by atoms with E-state index in [4.69, 9.17) is 4.74 Å². The van der Waals surface area contributed by atoms with Gasteiger partial charge in [0.05, 0.1) is 18.1 Å². The number of hydrogen-bond acceptors (Lipinski definition) is 3. The summed E-state index contributed by atoms with van der Waals surface area (Å²) in [6, 6.07) is 9.26. The summed E-state index contributed by atoms with van der Waals surface area (Å²) in [5.74, 6) is 0.511. The van der Waals surface area contributed by atoms with Gasteiger partial charge in [-0.05, 0) is 61.4 Å². The summed E-state index contributed by atoms with van der Waals surface area (Å²) in [7, 11) is 0. The molecule has 2 saturated heterocycles. The fraction of sp³-hybridized carbons (Fsp3) is 0.500. The maximum absolute atomic E-state index is 12.7. The molecular formula is C24H27F3N2O2. The molecule has 31 heavy (non-hydrogen) atoms. The quantitative estimate of drug-likeness (QED) is 0.670. The highest BCUT2D eigenvalue weighted by Crippen LogP contribution is 2.30. The number of carbonyl (C=O) groups excluding carboxylic acids is 1. The van der Waals surface area contributed by atoms with E-state index < -0.39 is 11.7 Å². The highest BCUT2D eigenvalue weighted by molar-refractivity contribution is 5.76. The van der Waals surface area contributed by atoms with Crippen LogP contribution in [0.2, 0.25) is 0 Å². The van der Waals surface area contributed by atoms with E-state index in [9.17, 15) is 18.0 Å². The largest absolute Gasteiger partial charge is 0.416 e. The second kappa shape index (κ2) is 9.39. The van der Waals surface area contributed by atoms with Crippen molar-refractivity contribution in [3.63, 3.8) is 0 Å². The summed E-state index contributed by atoms with van der Waals surface area (Å²) in [5, 5.41) is 0. The Balaban J connectivity index is 1.28. The van der Waals surface area contributed by atoms with Crippen LogP contribution >= 0.6 is 0 Å². The highest BCUT2D eigenvalue weighted by atomic mass is 19.4. The fourth-order valence-electron chi connectivity index (χ4n) is 4.38. The number of hydrogen-bond donors (Lipinski definition) is 0. The van der Waals surface area contributed by atoms with Gasteiger partial charge in [0, 0.05) is 37.5 Å². The van der Waals surface area contributed by atoms with Crippen molar-refractivity contribution >= 4 is 5.91 Å². The summed E-state index contributed by atoms with van der Waals surface area (Å²) in [5.41, 5.74) is 2.17. The molecule has 1 amide bonds. The van der Waals surface area contributed by atoms with E-state index in [2.05, 4.69) is 4.98 Å². The van der Waals surface area contributed by atoms with Crippen molar-refractivity contribution in [2.24, 2.45) is 0 Å². The Labute approximate surface area is 180 Å². The average Bonchev–Trinajstić information content (AvgIpc) is 3.27. The molecular weight excluding hydrogens is 405 g/mol. The molecule has 1 aromatic heterocycles. The molecule has 0 saturated carbocycles. The van der Waals surface area contributed by atoms with E-state index in [1.807, 2.05) is 23.2 Å². The van der Waals surface area contributed by atoms with E-state index in [1.165, 1.54) is 12.1 Å². The van der Waals surface area contributed by atoms with Crippen LogP contribution in [-0.4, -0.2) is 41.6 Å². The molecule has 7 heteroatoms. The zero-order chi connectivity index (χ0) is 21.8. The average molecular weight is 432 g/mol. The van der Waals surface area contributed by atoms with Crippen LogP contribution in [0.15, 0.2) is 42.6 Å². The van der Waals surface area contributed by atoms with Gasteiger partial charge in [-0.15, -0.1) is 0 Å². The molecule has 0 unspecified atom stereocenters. The first-order chi connectivity index (χ1) is 14.9. The van der Waals surface area contributed by atoms with Crippen LogP contribution in [0.5, 0.6) is 0 Å². The predicted molar refractivity (Wildman–Crippen MR) is 111 cm³/mol. The standard InChI is InChI=1S/C24H27F3N2O2/c25-24(26,27)20-6-3-17(4-7-20)14-18-5-8-22(28-16-18)19-9-11-29(12-10-19)23(30)15-21-2-1-13-31-21/h3-8,16,19,21H,1-2,9-15H2/t21-/m0/s1. The van der Waals surface area contributed by atoms with Gasteiger partial charge in [0.1, 0.15) is 0 Å². The lowest BCUT2D eigenvalue weighted by Crippen LogP contribution is -2.39. The number of piperidine rings is 1. The number of aromatic nitrogens is 1. The van der Waals surface area contributed by atoms with Crippen LogP contribution in [0.4, 0.5) is 13.2 Å². The van der Waals surface area contributed by atoms with E-state index in [0.717, 1.165) is 74.3 Å². The highest BCUT2D eigenvalue weighted by Gasteiger charge is 2.30. The van der Waals surface area contributed by atoms with Gasteiger partial charge in [-0.3, -0.25) is 9.78 Å². The molecule has 1 atom stereocenters. The molecule has 0 radical (unpaired) electrons. The smallest absolute Gasteiger partial charge is 0.378 e. The minimum absolute atomic E-state index is 0.0871. The number of benzene rings is 1. The number of carbonyl (C=O) groups is 1. The van der Waals surface area contributed by atoms with Crippen molar-refractivity contribution in [2.75, 3.05) is 19.7 Å². The molecule has 4 nitrogen and oxygen atoms in total. The number of alkyl halides is 3. The molecule has 1 aromatic carbocycles. The van der Waals surface area contributed by atoms with E-state index in [1.54, 1.807) is 0 Å². The second-order valence-corrected chi connectivity index (χ2v) is 8.46. The lowest BCUT2D eigenvalue weighted by molar-refractivity contribution is -0.137. The van der Waals surface area contributed by atoms with Gasteiger partial charge in [0.25, 0.3) is 0 Å². The minimum Gasteiger partial charge on any atom is -0.378 e. The topological polar surface area (TPSA) is 42.4 Å². The van der Waals surface area contributed by atoms with Crippen molar-refractivity contribution in [3.05, 3.63) is 65.0 Å². The van der Waals surface area contributed by atoms with Gasteiger partial charge in [0.15, 0.2) is 0 Å². The Morgan fingerprint density at radius 3 is 2.32 bits per heavy atom.